The fraction of sp³-hybridized carbons (Fsp3) is 0.385. The van der Waals surface area contributed by atoms with Crippen molar-refractivity contribution in [2.24, 2.45) is 0 Å². The maximum atomic E-state index is 14.3. The maximum Gasteiger partial charge on any atom is 0.416 e. The van der Waals surface area contributed by atoms with Crippen molar-refractivity contribution in [2.75, 3.05) is 69.7 Å². The Bertz CT molecular complexity index is 1850. The van der Waals surface area contributed by atoms with E-state index in [1.807, 2.05) is 23.1 Å². The average molecular weight is 732 g/mol. The third-order valence-corrected chi connectivity index (χ3v) is 9.69. The number of piperidine rings is 1. The van der Waals surface area contributed by atoms with Gasteiger partial charge in [-0.3, -0.25) is 24.3 Å². The van der Waals surface area contributed by atoms with Gasteiger partial charge in [0.25, 0.3) is 11.8 Å². The van der Waals surface area contributed by atoms with Crippen LogP contribution in [0, 0.1) is 0 Å². The van der Waals surface area contributed by atoms with E-state index < -0.39 is 29.1 Å². The summed E-state index contributed by atoms with van der Waals surface area (Å²) < 4.78 is 45.1. The van der Waals surface area contributed by atoms with Gasteiger partial charge in [-0.15, -0.1) is 0 Å². The van der Waals surface area contributed by atoms with E-state index in [1.54, 1.807) is 42.4 Å². The molecule has 0 aliphatic carbocycles. The Morgan fingerprint density at radius 3 is 2.51 bits per heavy atom. The van der Waals surface area contributed by atoms with E-state index in [4.69, 9.17) is 4.74 Å². The highest BCUT2D eigenvalue weighted by molar-refractivity contribution is 6.04. The Kier molecular flexibility index (Phi) is 11.8. The SMILES string of the molecule is CN(CC1(C(=O)Nc2ccc(N3CCCCC3)cc2-c2cc(C(=O)NCc3cccc(C(F)(F)F)c3)ccn2)C=CC=CN1)C(=O)CN1CCOCC1. The molecule has 0 spiro atoms. The number of ether oxygens (including phenoxy) is 1. The molecule has 1 atom stereocenters. The number of morpholine rings is 1. The van der Waals surface area contributed by atoms with Crippen molar-refractivity contribution in [3.63, 3.8) is 0 Å². The molecule has 0 bridgehead atoms. The molecular formula is C39H44F3N7O4. The third kappa shape index (κ3) is 9.43. The molecule has 2 aromatic carbocycles. The molecular weight excluding hydrogens is 687 g/mol. The molecule has 6 rings (SSSR count). The van der Waals surface area contributed by atoms with Gasteiger partial charge in [0.1, 0.15) is 0 Å². The van der Waals surface area contributed by atoms with E-state index in [0.29, 0.717) is 48.8 Å². The number of nitrogens with one attached hydrogen (secondary N) is 3. The zero-order valence-electron chi connectivity index (χ0n) is 29.6. The summed E-state index contributed by atoms with van der Waals surface area (Å²) in [6.07, 6.45) is 7.19. The largest absolute Gasteiger partial charge is 0.416 e. The molecule has 280 valence electrons. The first kappa shape index (κ1) is 37.5. The first-order chi connectivity index (χ1) is 25.5. The number of allylic oxidation sites excluding steroid dienone is 2. The van der Waals surface area contributed by atoms with Crippen LogP contribution in [0.25, 0.3) is 11.3 Å². The van der Waals surface area contributed by atoms with E-state index in [9.17, 15) is 27.6 Å². The second-order valence-corrected chi connectivity index (χ2v) is 13.5. The topological polar surface area (TPSA) is 119 Å². The summed E-state index contributed by atoms with van der Waals surface area (Å²) in [5, 5.41) is 8.97. The van der Waals surface area contributed by atoms with Crippen LogP contribution in [-0.4, -0.2) is 97.6 Å². The number of hydrogen-bond acceptors (Lipinski definition) is 8. The van der Waals surface area contributed by atoms with Crippen LogP contribution in [0.3, 0.4) is 0 Å². The summed E-state index contributed by atoms with van der Waals surface area (Å²) in [5.74, 6) is -1.01. The van der Waals surface area contributed by atoms with Crippen molar-refractivity contribution < 1.29 is 32.3 Å². The van der Waals surface area contributed by atoms with Crippen molar-refractivity contribution in [1.29, 1.82) is 0 Å². The number of amides is 3. The molecule has 3 aliphatic heterocycles. The number of benzene rings is 2. The van der Waals surface area contributed by atoms with Crippen LogP contribution in [0.4, 0.5) is 24.5 Å². The van der Waals surface area contributed by atoms with Gasteiger partial charge in [0.05, 0.1) is 43.2 Å². The van der Waals surface area contributed by atoms with E-state index in [0.717, 1.165) is 50.2 Å². The molecule has 1 aromatic heterocycles. The van der Waals surface area contributed by atoms with Crippen molar-refractivity contribution in [1.82, 2.24) is 25.4 Å². The smallest absolute Gasteiger partial charge is 0.379 e. The number of anilines is 2. The van der Waals surface area contributed by atoms with Gasteiger partial charge in [-0.25, -0.2) is 0 Å². The number of alkyl halides is 3. The Hall–Kier alpha value is -5.21. The number of halogens is 3. The summed E-state index contributed by atoms with van der Waals surface area (Å²) in [7, 11) is 1.68. The Labute approximate surface area is 306 Å². The standard InChI is InChI=1S/C39H44F3N7O4/c1-47(35(50)26-48-18-20-53-21-19-48)27-38(13-3-4-14-45-38)37(52)46-33-11-10-31(49-16-5-2-6-17-49)24-32(33)34-23-29(12-15-43-34)36(51)44-25-28-8-7-9-30(22-28)39(40,41)42/h3-4,7-15,22-24,45H,2,5-6,16-21,25-27H2,1H3,(H,44,51)(H,46,52). The van der Waals surface area contributed by atoms with Gasteiger partial charge in [-0.1, -0.05) is 18.2 Å². The first-order valence-corrected chi connectivity index (χ1v) is 17.8. The van der Waals surface area contributed by atoms with Crippen LogP contribution in [0.1, 0.15) is 40.7 Å². The van der Waals surface area contributed by atoms with E-state index in [1.165, 1.54) is 24.4 Å². The maximum absolute atomic E-state index is 14.3. The van der Waals surface area contributed by atoms with Crippen molar-refractivity contribution in [3.8, 4) is 11.3 Å². The van der Waals surface area contributed by atoms with Gasteiger partial charge in [-0.2, -0.15) is 13.2 Å². The molecule has 2 fully saturated rings. The normalized spacial score (nSPS) is 19.0. The predicted molar refractivity (Wildman–Crippen MR) is 196 cm³/mol. The molecule has 11 nitrogen and oxygen atoms in total. The van der Waals surface area contributed by atoms with E-state index in [2.05, 4.69) is 25.8 Å². The summed E-state index contributed by atoms with van der Waals surface area (Å²) in [4.78, 5) is 51.3. The van der Waals surface area contributed by atoms with Gasteiger partial charge in [-0.05, 0) is 85.6 Å². The monoisotopic (exact) mass is 731 g/mol. The molecule has 2 saturated heterocycles. The van der Waals surface area contributed by atoms with Crippen LogP contribution in [0.15, 0.2) is 85.2 Å². The number of hydrogen-bond donors (Lipinski definition) is 3. The number of carbonyl (C=O) groups is 3. The van der Waals surface area contributed by atoms with E-state index in [-0.39, 0.29) is 31.1 Å². The quantitative estimate of drug-likeness (QED) is 0.257. The minimum Gasteiger partial charge on any atom is -0.379 e. The van der Waals surface area contributed by atoms with Gasteiger partial charge >= 0.3 is 6.18 Å². The molecule has 3 aliphatic rings. The summed E-state index contributed by atoms with van der Waals surface area (Å²) >= 11 is 0. The van der Waals surface area contributed by atoms with Crippen LogP contribution in [0.5, 0.6) is 0 Å². The molecule has 0 saturated carbocycles. The number of pyridine rings is 1. The lowest BCUT2D eigenvalue weighted by molar-refractivity contribution is -0.137. The van der Waals surface area contributed by atoms with E-state index >= 15 is 0 Å². The number of rotatable bonds is 11. The first-order valence-electron chi connectivity index (χ1n) is 17.8. The lowest BCUT2D eigenvalue weighted by Gasteiger charge is -2.36. The number of aromatic nitrogens is 1. The third-order valence-electron chi connectivity index (χ3n) is 9.69. The molecule has 1 unspecified atom stereocenters. The summed E-state index contributed by atoms with van der Waals surface area (Å²) in [6.45, 7) is 4.39. The Balaban J connectivity index is 1.24. The molecule has 3 amide bonds. The zero-order valence-corrected chi connectivity index (χ0v) is 29.6. The number of carbonyl (C=O) groups excluding carboxylic acids is 3. The van der Waals surface area contributed by atoms with Crippen molar-refractivity contribution >= 4 is 29.1 Å². The summed E-state index contributed by atoms with van der Waals surface area (Å²) in [6, 6.07) is 13.7. The van der Waals surface area contributed by atoms with Gasteiger partial charge < -0.3 is 30.5 Å². The number of likely N-dealkylation sites (N-methyl/N-ethyl adjacent to an activating group) is 1. The highest BCUT2D eigenvalue weighted by Gasteiger charge is 2.39. The molecule has 3 aromatic rings. The van der Waals surface area contributed by atoms with Crippen molar-refractivity contribution in [2.45, 2.75) is 37.5 Å². The Morgan fingerprint density at radius 2 is 1.77 bits per heavy atom. The number of dihydropyridines is 1. The molecule has 14 heteroatoms. The molecule has 53 heavy (non-hydrogen) atoms. The Morgan fingerprint density at radius 1 is 0.981 bits per heavy atom. The highest BCUT2D eigenvalue weighted by atomic mass is 19.4. The highest BCUT2D eigenvalue weighted by Crippen LogP contribution is 2.34. The molecule has 0 radical (unpaired) electrons. The minimum absolute atomic E-state index is 0.0594. The fourth-order valence-corrected chi connectivity index (χ4v) is 6.66. The lowest BCUT2D eigenvalue weighted by atomic mass is 9.94. The predicted octanol–water partition coefficient (Wildman–Crippen LogP) is 4.83. The molecule has 3 N–H and O–H groups in total. The second kappa shape index (κ2) is 16.6. The van der Waals surface area contributed by atoms with Gasteiger partial charge in [0, 0.05) is 62.8 Å². The minimum atomic E-state index is -4.49. The average Bonchev–Trinajstić information content (AvgIpc) is 3.18. The van der Waals surface area contributed by atoms with Gasteiger partial charge in [0.2, 0.25) is 5.91 Å². The fourth-order valence-electron chi connectivity index (χ4n) is 6.66. The summed E-state index contributed by atoms with van der Waals surface area (Å²) in [5.41, 5.74) is 0.885. The van der Waals surface area contributed by atoms with Gasteiger partial charge in [0.15, 0.2) is 5.54 Å². The van der Waals surface area contributed by atoms with Crippen LogP contribution in [-0.2, 0) is 27.0 Å². The zero-order chi connectivity index (χ0) is 37.4. The lowest BCUT2D eigenvalue weighted by Crippen LogP contribution is -2.59. The van der Waals surface area contributed by atoms with Crippen LogP contribution in [0.2, 0.25) is 0 Å². The van der Waals surface area contributed by atoms with Crippen molar-refractivity contribution in [3.05, 3.63) is 102 Å². The van der Waals surface area contributed by atoms with Crippen LogP contribution < -0.4 is 20.9 Å². The number of nitrogens with zero attached hydrogens (tertiary/aromatic N) is 4. The second-order valence-electron chi connectivity index (χ2n) is 13.5. The van der Waals surface area contributed by atoms with Crippen LogP contribution >= 0.6 is 0 Å². The molecule has 4 heterocycles.